The zero-order valence-corrected chi connectivity index (χ0v) is 16.2. The SMILES string of the molecule is CN(C)c1cc(C(C)(C)C)cc(C(C)(C)C)c1P(Cl)Cl. The topological polar surface area (TPSA) is 3.24 Å². The number of benzene rings is 1. The van der Waals surface area contributed by atoms with Crippen LogP contribution < -0.4 is 10.2 Å². The molecule has 0 unspecified atom stereocenters. The first-order valence-corrected chi connectivity index (χ1v) is 9.99. The van der Waals surface area contributed by atoms with Gasteiger partial charge in [0.15, 0.2) is 0 Å². The van der Waals surface area contributed by atoms with E-state index in [0.717, 1.165) is 11.0 Å². The van der Waals surface area contributed by atoms with Crippen molar-refractivity contribution in [2.45, 2.75) is 52.4 Å². The fraction of sp³-hybridized carbons (Fsp3) is 0.625. The smallest absolute Gasteiger partial charge is 0.119 e. The molecule has 20 heavy (non-hydrogen) atoms. The van der Waals surface area contributed by atoms with E-state index in [1.165, 1.54) is 11.1 Å². The van der Waals surface area contributed by atoms with Gasteiger partial charge >= 0.3 is 0 Å². The molecular weight excluding hydrogens is 308 g/mol. The molecular formula is C16H26Cl2NP. The van der Waals surface area contributed by atoms with Crippen molar-refractivity contribution in [3.63, 3.8) is 0 Å². The molecule has 0 aromatic heterocycles. The summed E-state index contributed by atoms with van der Waals surface area (Å²) in [7, 11) is 4.09. The average molecular weight is 334 g/mol. The Kier molecular flexibility index (Phi) is 5.45. The van der Waals surface area contributed by atoms with Gasteiger partial charge in [0.2, 0.25) is 0 Å². The van der Waals surface area contributed by atoms with Gasteiger partial charge in [-0.2, -0.15) is 0 Å². The zero-order chi connectivity index (χ0) is 15.9. The molecule has 1 aromatic carbocycles. The Morgan fingerprint density at radius 3 is 1.70 bits per heavy atom. The second kappa shape index (κ2) is 6.03. The Labute approximate surface area is 135 Å². The van der Waals surface area contributed by atoms with Crippen LogP contribution in [0.2, 0.25) is 0 Å². The van der Waals surface area contributed by atoms with Crippen molar-refractivity contribution in [3.05, 3.63) is 23.3 Å². The number of anilines is 1. The Morgan fingerprint density at radius 2 is 1.40 bits per heavy atom. The van der Waals surface area contributed by atoms with E-state index in [2.05, 4.69) is 58.6 Å². The third-order valence-corrected chi connectivity index (χ3v) is 5.24. The summed E-state index contributed by atoms with van der Waals surface area (Å²) in [6, 6.07) is 4.51. The Balaban J connectivity index is 3.74. The highest BCUT2D eigenvalue weighted by atomic mass is 35.9. The van der Waals surface area contributed by atoms with Crippen molar-refractivity contribution >= 4 is 40.1 Å². The molecule has 0 amide bonds. The minimum Gasteiger partial charge on any atom is -0.377 e. The van der Waals surface area contributed by atoms with Crippen LogP contribution in [0.25, 0.3) is 0 Å². The summed E-state index contributed by atoms with van der Waals surface area (Å²) in [6.45, 7) is 12.2. The first kappa shape index (κ1) is 18.1. The molecule has 0 aliphatic heterocycles. The third kappa shape index (κ3) is 4.03. The molecule has 0 heterocycles. The van der Waals surface area contributed by atoms with Crippen LogP contribution in [0.5, 0.6) is 0 Å². The lowest BCUT2D eigenvalue weighted by Crippen LogP contribution is -2.28. The summed E-state index contributed by atoms with van der Waals surface area (Å²) < 4.78 is 0. The van der Waals surface area contributed by atoms with Crippen LogP contribution in [0.4, 0.5) is 5.69 Å². The maximum atomic E-state index is 6.33. The number of nitrogens with zero attached hydrogens (tertiary/aromatic N) is 1. The molecule has 114 valence electrons. The van der Waals surface area contributed by atoms with E-state index in [4.69, 9.17) is 22.5 Å². The molecule has 0 fully saturated rings. The quantitative estimate of drug-likeness (QED) is 0.621. The highest BCUT2D eigenvalue weighted by Crippen LogP contribution is 2.51. The predicted octanol–water partition coefficient (Wildman–Crippen LogP) is 5.76. The van der Waals surface area contributed by atoms with E-state index in [1.54, 1.807) is 0 Å². The van der Waals surface area contributed by atoms with Crippen LogP contribution in [-0.4, -0.2) is 14.1 Å². The van der Waals surface area contributed by atoms with Gasteiger partial charge in [-0.1, -0.05) is 70.1 Å². The van der Waals surface area contributed by atoms with Gasteiger partial charge in [-0.15, -0.1) is 0 Å². The van der Waals surface area contributed by atoms with Gasteiger partial charge in [0.25, 0.3) is 0 Å². The Hall–Kier alpha value is 0.0300. The van der Waals surface area contributed by atoms with Gasteiger partial charge in [0.05, 0.1) is 0 Å². The first-order chi connectivity index (χ1) is 8.85. The van der Waals surface area contributed by atoms with Crippen molar-refractivity contribution in [3.8, 4) is 0 Å². The monoisotopic (exact) mass is 333 g/mol. The molecule has 4 heteroatoms. The molecule has 1 aromatic rings. The van der Waals surface area contributed by atoms with E-state index >= 15 is 0 Å². The van der Waals surface area contributed by atoms with E-state index in [1.807, 2.05) is 14.1 Å². The van der Waals surface area contributed by atoms with Crippen molar-refractivity contribution < 1.29 is 0 Å². The molecule has 0 aliphatic rings. The minimum absolute atomic E-state index is 0.0196. The maximum absolute atomic E-state index is 6.33. The van der Waals surface area contributed by atoms with Gasteiger partial charge in [0, 0.05) is 25.1 Å². The largest absolute Gasteiger partial charge is 0.377 e. The van der Waals surface area contributed by atoms with E-state index < -0.39 is 6.63 Å². The number of hydrogen-bond donors (Lipinski definition) is 0. The summed E-state index contributed by atoms with van der Waals surface area (Å²) >= 11 is 12.7. The predicted molar refractivity (Wildman–Crippen MR) is 96.4 cm³/mol. The Bertz CT molecular complexity index is 482. The first-order valence-electron chi connectivity index (χ1n) is 6.83. The molecule has 1 nitrogen and oxygen atoms in total. The minimum atomic E-state index is -1.18. The third-order valence-electron chi connectivity index (χ3n) is 3.41. The fourth-order valence-electron chi connectivity index (χ4n) is 2.14. The van der Waals surface area contributed by atoms with Crippen LogP contribution in [0.3, 0.4) is 0 Å². The lowest BCUT2D eigenvalue weighted by molar-refractivity contribution is 0.571. The van der Waals surface area contributed by atoms with E-state index in [-0.39, 0.29) is 10.8 Å². The van der Waals surface area contributed by atoms with Crippen molar-refractivity contribution in [2.75, 3.05) is 19.0 Å². The van der Waals surface area contributed by atoms with Crippen molar-refractivity contribution in [1.29, 1.82) is 0 Å². The molecule has 0 saturated carbocycles. The van der Waals surface area contributed by atoms with Crippen LogP contribution in [0.1, 0.15) is 52.7 Å². The van der Waals surface area contributed by atoms with Gasteiger partial charge in [-0.3, -0.25) is 0 Å². The van der Waals surface area contributed by atoms with Crippen molar-refractivity contribution in [1.82, 2.24) is 0 Å². The maximum Gasteiger partial charge on any atom is 0.119 e. The number of hydrogen-bond acceptors (Lipinski definition) is 1. The molecule has 0 atom stereocenters. The van der Waals surface area contributed by atoms with Crippen LogP contribution >= 0.6 is 29.1 Å². The second-order valence-electron chi connectivity index (χ2n) is 7.52. The van der Waals surface area contributed by atoms with E-state index in [9.17, 15) is 0 Å². The van der Waals surface area contributed by atoms with Crippen LogP contribution in [0, 0.1) is 0 Å². The van der Waals surface area contributed by atoms with Gasteiger partial charge in [-0.25, -0.2) is 0 Å². The summed E-state index contributed by atoms with van der Waals surface area (Å²) in [6.07, 6.45) is 0. The van der Waals surface area contributed by atoms with Gasteiger partial charge in [-0.05, 0) is 28.0 Å². The molecule has 0 spiro atoms. The van der Waals surface area contributed by atoms with E-state index in [0.29, 0.717) is 0 Å². The molecule has 0 saturated heterocycles. The van der Waals surface area contributed by atoms with Crippen LogP contribution in [-0.2, 0) is 10.8 Å². The molecule has 0 aliphatic carbocycles. The lowest BCUT2D eigenvalue weighted by Gasteiger charge is -2.31. The molecule has 0 radical (unpaired) electrons. The molecule has 0 bridgehead atoms. The highest BCUT2D eigenvalue weighted by Gasteiger charge is 2.28. The van der Waals surface area contributed by atoms with Crippen molar-refractivity contribution in [2.24, 2.45) is 0 Å². The highest BCUT2D eigenvalue weighted by molar-refractivity contribution is 8.09. The molecule has 0 N–H and O–H groups in total. The number of rotatable bonds is 2. The second-order valence-corrected chi connectivity index (χ2v) is 11.0. The summed E-state index contributed by atoms with van der Waals surface area (Å²) in [4.78, 5) is 2.11. The summed E-state index contributed by atoms with van der Waals surface area (Å²) in [5, 5.41) is 1.09. The average Bonchev–Trinajstić information content (AvgIpc) is 2.24. The molecule has 1 rings (SSSR count). The lowest BCUT2D eigenvalue weighted by atomic mass is 9.80. The standard InChI is InChI=1S/C16H26Cl2NP/c1-15(2,3)11-9-12(16(4,5)6)14(20(17)18)13(10-11)19(7)8/h9-10H,1-8H3. The number of halogens is 2. The van der Waals surface area contributed by atoms with Crippen LogP contribution in [0.15, 0.2) is 12.1 Å². The fourth-order valence-corrected chi connectivity index (χ4v) is 4.23. The normalized spacial score (nSPS) is 12.9. The summed E-state index contributed by atoms with van der Waals surface area (Å²) in [5.41, 5.74) is 3.83. The summed E-state index contributed by atoms with van der Waals surface area (Å²) in [5.74, 6) is 0. The van der Waals surface area contributed by atoms with Gasteiger partial charge in [0.1, 0.15) is 6.63 Å². The Morgan fingerprint density at radius 1 is 0.900 bits per heavy atom. The zero-order valence-electron chi connectivity index (χ0n) is 13.8. The van der Waals surface area contributed by atoms with Gasteiger partial charge < -0.3 is 4.90 Å².